The lowest BCUT2D eigenvalue weighted by Gasteiger charge is -2.33. The zero-order valence-corrected chi connectivity index (χ0v) is 17.1. The second-order valence-electron chi connectivity index (χ2n) is 7.08. The molecule has 1 amide bonds. The number of halogens is 2. The number of ketones is 1. The van der Waals surface area contributed by atoms with E-state index in [1.54, 1.807) is 30.1 Å². The molecular formula is C21H22Cl2N2O3. The molecular weight excluding hydrogens is 399 g/mol. The fourth-order valence-electron chi connectivity index (χ4n) is 3.69. The summed E-state index contributed by atoms with van der Waals surface area (Å²) in [5.41, 5.74) is -0.301. The summed E-state index contributed by atoms with van der Waals surface area (Å²) in [6.07, 6.45) is 6.49. The van der Waals surface area contributed by atoms with E-state index in [1.807, 2.05) is 0 Å². The van der Waals surface area contributed by atoms with Crippen molar-refractivity contribution in [1.82, 2.24) is 9.47 Å². The lowest BCUT2D eigenvalue weighted by Crippen LogP contribution is -2.46. The average molecular weight is 421 g/mol. The maximum atomic E-state index is 13.4. The Labute approximate surface area is 173 Å². The molecule has 2 aromatic rings. The Morgan fingerprint density at radius 3 is 2.50 bits per heavy atom. The zero-order chi connectivity index (χ0) is 20.3. The molecule has 0 radical (unpaired) electrons. The van der Waals surface area contributed by atoms with Crippen LogP contribution in [0.25, 0.3) is 0 Å². The predicted octanol–water partition coefficient (Wildman–Crippen LogP) is 4.37. The number of benzene rings is 1. The Morgan fingerprint density at radius 1 is 1.11 bits per heavy atom. The van der Waals surface area contributed by atoms with Crippen LogP contribution in [0.1, 0.15) is 48.5 Å². The molecule has 1 aromatic heterocycles. The van der Waals surface area contributed by atoms with Gasteiger partial charge in [0.15, 0.2) is 11.8 Å². The molecule has 0 bridgehead atoms. The number of pyridine rings is 1. The monoisotopic (exact) mass is 420 g/mol. The normalized spacial score (nSPS) is 15.8. The van der Waals surface area contributed by atoms with Gasteiger partial charge in [0.1, 0.15) is 0 Å². The van der Waals surface area contributed by atoms with Crippen LogP contribution in [-0.4, -0.2) is 34.2 Å². The van der Waals surface area contributed by atoms with Gasteiger partial charge in [0.2, 0.25) is 0 Å². The maximum absolute atomic E-state index is 13.4. The molecule has 1 aliphatic rings. The minimum absolute atomic E-state index is 0.0609. The number of likely N-dealkylation sites (N-methyl/N-ethyl adjacent to an activating group) is 1. The lowest BCUT2D eigenvalue weighted by molar-refractivity contribution is -0.134. The van der Waals surface area contributed by atoms with Crippen molar-refractivity contribution in [3.8, 4) is 0 Å². The SMILES string of the molecule is CN(C(=O)[C@H](C(=O)c1cc(Cl)ccc1Cl)n1ccccc1=O)C1CCCCC1. The summed E-state index contributed by atoms with van der Waals surface area (Å²) in [6.45, 7) is 0. The minimum Gasteiger partial charge on any atom is -0.341 e. The first-order chi connectivity index (χ1) is 13.4. The third kappa shape index (κ3) is 4.31. The van der Waals surface area contributed by atoms with Crippen LogP contribution in [0, 0.1) is 0 Å². The van der Waals surface area contributed by atoms with Gasteiger partial charge < -0.3 is 4.90 Å². The molecule has 0 spiro atoms. The summed E-state index contributed by atoms with van der Waals surface area (Å²) in [6, 6.07) is 7.77. The molecule has 1 aliphatic carbocycles. The molecule has 0 N–H and O–H groups in total. The molecule has 148 valence electrons. The van der Waals surface area contributed by atoms with Gasteiger partial charge in [0.05, 0.1) is 5.02 Å². The molecule has 1 atom stereocenters. The van der Waals surface area contributed by atoms with Crippen molar-refractivity contribution in [2.75, 3.05) is 7.05 Å². The predicted molar refractivity (Wildman–Crippen MR) is 110 cm³/mol. The number of Topliss-reactive ketones (excluding diaryl/α,β-unsaturated/α-hetero) is 1. The largest absolute Gasteiger partial charge is 0.341 e. The van der Waals surface area contributed by atoms with Crippen LogP contribution in [-0.2, 0) is 4.79 Å². The molecule has 0 saturated heterocycles. The number of aromatic nitrogens is 1. The van der Waals surface area contributed by atoms with E-state index in [4.69, 9.17) is 23.2 Å². The van der Waals surface area contributed by atoms with Crippen molar-refractivity contribution in [3.05, 3.63) is 68.6 Å². The fourth-order valence-corrected chi connectivity index (χ4v) is 4.07. The van der Waals surface area contributed by atoms with Crippen LogP contribution in [0.2, 0.25) is 10.0 Å². The number of hydrogen-bond acceptors (Lipinski definition) is 3. The van der Waals surface area contributed by atoms with Crippen LogP contribution >= 0.6 is 23.2 Å². The highest BCUT2D eigenvalue weighted by Gasteiger charge is 2.36. The molecule has 1 aromatic carbocycles. The van der Waals surface area contributed by atoms with E-state index < -0.39 is 23.3 Å². The van der Waals surface area contributed by atoms with Crippen LogP contribution < -0.4 is 5.56 Å². The summed E-state index contributed by atoms with van der Waals surface area (Å²) < 4.78 is 1.17. The van der Waals surface area contributed by atoms with Gasteiger partial charge in [0, 0.05) is 35.9 Å². The van der Waals surface area contributed by atoms with E-state index in [9.17, 15) is 14.4 Å². The van der Waals surface area contributed by atoms with Gasteiger partial charge in [-0.25, -0.2) is 0 Å². The standard InChI is InChI=1S/C21H22Cl2N2O3/c1-24(15-7-3-2-4-8-15)21(28)19(25-12-6-5-9-18(25)26)20(27)16-13-14(22)10-11-17(16)23/h5-6,9-13,15,19H,2-4,7-8H2,1H3/t19-/m0/s1. The van der Waals surface area contributed by atoms with Crippen LogP contribution in [0.5, 0.6) is 0 Å². The van der Waals surface area contributed by atoms with Crippen molar-refractivity contribution in [1.29, 1.82) is 0 Å². The number of carbonyl (C=O) groups excluding carboxylic acids is 2. The van der Waals surface area contributed by atoms with Gasteiger partial charge in [-0.05, 0) is 37.1 Å². The Balaban J connectivity index is 2.03. The first kappa shape index (κ1) is 20.6. The summed E-state index contributed by atoms with van der Waals surface area (Å²) >= 11 is 12.2. The van der Waals surface area contributed by atoms with Gasteiger partial charge in [-0.2, -0.15) is 0 Å². The van der Waals surface area contributed by atoms with Crippen LogP contribution in [0.15, 0.2) is 47.4 Å². The van der Waals surface area contributed by atoms with Gasteiger partial charge in [0.25, 0.3) is 11.5 Å². The first-order valence-electron chi connectivity index (χ1n) is 9.33. The van der Waals surface area contributed by atoms with Crippen molar-refractivity contribution in [3.63, 3.8) is 0 Å². The van der Waals surface area contributed by atoms with Crippen molar-refractivity contribution < 1.29 is 9.59 Å². The number of carbonyl (C=O) groups is 2. The minimum atomic E-state index is -1.32. The van der Waals surface area contributed by atoms with E-state index in [-0.39, 0.29) is 16.6 Å². The van der Waals surface area contributed by atoms with Crippen LogP contribution in [0.3, 0.4) is 0 Å². The first-order valence-corrected chi connectivity index (χ1v) is 10.1. The Morgan fingerprint density at radius 2 is 1.82 bits per heavy atom. The van der Waals surface area contributed by atoms with E-state index in [2.05, 4.69) is 0 Å². The third-order valence-corrected chi connectivity index (χ3v) is 5.84. The van der Waals surface area contributed by atoms with Gasteiger partial charge >= 0.3 is 0 Å². The van der Waals surface area contributed by atoms with Crippen molar-refractivity contribution >= 4 is 34.9 Å². The molecule has 1 heterocycles. The molecule has 3 rings (SSSR count). The van der Waals surface area contributed by atoms with E-state index in [1.165, 1.54) is 29.0 Å². The summed E-state index contributed by atoms with van der Waals surface area (Å²) in [7, 11) is 1.70. The molecule has 0 unspecified atom stereocenters. The Bertz CT molecular complexity index is 935. The smallest absolute Gasteiger partial charge is 0.253 e. The van der Waals surface area contributed by atoms with Crippen LogP contribution in [0.4, 0.5) is 0 Å². The maximum Gasteiger partial charge on any atom is 0.253 e. The summed E-state index contributed by atoms with van der Waals surface area (Å²) in [5, 5.41) is 0.525. The second kappa shape index (κ2) is 8.93. The Hall–Kier alpha value is -2.11. The molecule has 7 heteroatoms. The van der Waals surface area contributed by atoms with Gasteiger partial charge in [-0.15, -0.1) is 0 Å². The third-order valence-electron chi connectivity index (χ3n) is 5.28. The fraction of sp³-hybridized carbons (Fsp3) is 0.381. The molecule has 1 saturated carbocycles. The van der Waals surface area contributed by atoms with E-state index in [0.717, 1.165) is 32.1 Å². The second-order valence-corrected chi connectivity index (χ2v) is 7.92. The Kier molecular flexibility index (Phi) is 6.57. The highest BCUT2D eigenvalue weighted by molar-refractivity contribution is 6.36. The highest BCUT2D eigenvalue weighted by atomic mass is 35.5. The topological polar surface area (TPSA) is 59.4 Å². The number of amides is 1. The van der Waals surface area contributed by atoms with E-state index in [0.29, 0.717) is 5.02 Å². The quantitative estimate of drug-likeness (QED) is 0.532. The molecule has 5 nitrogen and oxygen atoms in total. The van der Waals surface area contributed by atoms with Gasteiger partial charge in [-0.1, -0.05) is 48.5 Å². The van der Waals surface area contributed by atoms with Crippen molar-refractivity contribution in [2.45, 2.75) is 44.2 Å². The van der Waals surface area contributed by atoms with E-state index >= 15 is 0 Å². The summed E-state index contributed by atoms with van der Waals surface area (Å²) in [5.74, 6) is -0.963. The van der Waals surface area contributed by atoms with Crippen molar-refractivity contribution in [2.24, 2.45) is 0 Å². The highest BCUT2D eigenvalue weighted by Crippen LogP contribution is 2.28. The number of hydrogen-bond donors (Lipinski definition) is 0. The number of nitrogens with zero attached hydrogens (tertiary/aromatic N) is 2. The molecule has 0 aliphatic heterocycles. The summed E-state index contributed by atoms with van der Waals surface area (Å²) in [4.78, 5) is 40.8. The molecule has 28 heavy (non-hydrogen) atoms. The average Bonchev–Trinajstić information content (AvgIpc) is 2.71. The van der Waals surface area contributed by atoms with Gasteiger partial charge in [-0.3, -0.25) is 19.0 Å². The molecule has 1 fully saturated rings. The zero-order valence-electron chi connectivity index (χ0n) is 15.6. The lowest BCUT2D eigenvalue weighted by atomic mass is 9.93. The number of rotatable bonds is 5.